The number of aryl methyl sites for hydroxylation is 2. The van der Waals surface area contributed by atoms with Crippen molar-refractivity contribution >= 4 is 32.4 Å². The van der Waals surface area contributed by atoms with E-state index in [9.17, 15) is 18.5 Å². The Morgan fingerprint density at radius 2 is 2.04 bits per heavy atom. The Morgan fingerprint density at radius 3 is 2.69 bits per heavy atom. The van der Waals surface area contributed by atoms with E-state index < -0.39 is 25.5 Å². The minimum absolute atomic E-state index is 0.179. The molecule has 0 fully saturated rings. The predicted molar refractivity (Wildman–Crippen MR) is 93.7 cm³/mol. The van der Waals surface area contributed by atoms with Crippen molar-refractivity contribution in [2.45, 2.75) is 11.8 Å². The molecule has 136 valence electrons. The third-order valence-corrected chi connectivity index (χ3v) is 5.20. The van der Waals surface area contributed by atoms with Gasteiger partial charge in [0.25, 0.3) is 15.7 Å². The van der Waals surface area contributed by atoms with E-state index in [1.807, 2.05) is 0 Å². The first-order valence-electron chi connectivity index (χ1n) is 7.37. The van der Waals surface area contributed by atoms with Gasteiger partial charge in [-0.25, -0.2) is 13.4 Å². The molecule has 1 N–H and O–H groups in total. The second-order valence-electron chi connectivity index (χ2n) is 5.50. The molecule has 0 saturated carbocycles. The van der Waals surface area contributed by atoms with Gasteiger partial charge in [-0.05, 0) is 25.1 Å². The van der Waals surface area contributed by atoms with E-state index >= 15 is 0 Å². The quantitative estimate of drug-likeness (QED) is 0.531. The topological polar surface area (TPSA) is 129 Å². The van der Waals surface area contributed by atoms with E-state index in [0.717, 1.165) is 12.1 Å². The summed E-state index contributed by atoms with van der Waals surface area (Å²) in [6.45, 7) is 1.77. The Balaban J connectivity index is 2.04. The number of fused-ring (bicyclic) bond motifs is 1. The fraction of sp³-hybridized carbons (Fsp3) is 0.200. The first-order valence-corrected chi connectivity index (χ1v) is 8.86. The third kappa shape index (κ3) is 3.04. The molecule has 0 bridgehead atoms. The number of aromatic nitrogens is 3. The van der Waals surface area contributed by atoms with Crippen LogP contribution in [0.5, 0.6) is 5.75 Å². The molecule has 3 rings (SSSR count). The molecular weight excluding hydrogens is 362 g/mol. The number of methoxy groups -OCH3 is 1. The zero-order valence-electron chi connectivity index (χ0n) is 14.1. The zero-order valence-corrected chi connectivity index (χ0v) is 14.9. The number of hydrogen-bond acceptors (Lipinski definition) is 7. The van der Waals surface area contributed by atoms with Gasteiger partial charge in [0.2, 0.25) is 0 Å². The maximum absolute atomic E-state index is 12.6. The predicted octanol–water partition coefficient (Wildman–Crippen LogP) is 1.99. The third-order valence-electron chi connectivity index (χ3n) is 3.77. The molecule has 26 heavy (non-hydrogen) atoms. The molecule has 10 nitrogen and oxygen atoms in total. The number of hydrogen-bond donors (Lipinski definition) is 1. The number of sulfonamides is 1. The van der Waals surface area contributed by atoms with E-state index in [1.165, 1.54) is 19.4 Å². The van der Waals surface area contributed by atoms with E-state index in [4.69, 9.17) is 4.74 Å². The number of benzene rings is 1. The van der Waals surface area contributed by atoms with Crippen LogP contribution in [0.4, 0.5) is 11.4 Å². The lowest BCUT2D eigenvalue weighted by Gasteiger charge is -2.09. The van der Waals surface area contributed by atoms with Crippen LogP contribution in [-0.4, -0.2) is 35.2 Å². The molecular formula is C15H15N5O5S. The molecule has 0 unspecified atom stereocenters. The van der Waals surface area contributed by atoms with Crippen LogP contribution in [0, 0.1) is 17.0 Å². The fourth-order valence-corrected chi connectivity index (χ4v) is 3.76. The van der Waals surface area contributed by atoms with E-state index in [0.29, 0.717) is 16.7 Å². The summed E-state index contributed by atoms with van der Waals surface area (Å²) in [7, 11) is -1.14. The number of ether oxygens (including phenoxy) is 1. The Hall–Kier alpha value is -3.21. The van der Waals surface area contributed by atoms with Crippen molar-refractivity contribution in [3.8, 4) is 5.75 Å². The van der Waals surface area contributed by atoms with E-state index in [1.54, 1.807) is 24.7 Å². The average molecular weight is 377 g/mol. The first kappa shape index (κ1) is 17.6. The molecule has 0 aliphatic heterocycles. The minimum atomic E-state index is -4.20. The highest BCUT2D eigenvalue weighted by atomic mass is 32.2. The Kier molecular flexibility index (Phi) is 4.24. The lowest BCUT2D eigenvalue weighted by Crippen LogP contribution is -2.15. The summed E-state index contributed by atoms with van der Waals surface area (Å²) in [5.41, 5.74) is 0.884. The average Bonchev–Trinajstić information content (AvgIpc) is 2.87. The number of pyridine rings is 1. The first-order chi connectivity index (χ1) is 12.2. The van der Waals surface area contributed by atoms with Crippen LogP contribution in [0.15, 0.2) is 35.4 Å². The van der Waals surface area contributed by atoms with Crippen molar-refractivity contribution < 1.29 is 18.1 Å². The minimum Gasteiger partial charge on any atom is -0.497 e. The number of anilines is 1. The van der Waals surface area contributed by atoms with Crippen LogP contribution in [0.1, 0.15) is 5.69 Å². The molecule has 0 radical (unpaired) electrons. The monoisotopic (exact) mass is 377 g/mol. The molecule has 0 amide bonds. The largest absolute Gasteiger partial charge is 0.497 e. The molecule has 0 atom stereocenters. The normalized spacial score (nSPS) is 11.5. The Labute approximate surface area is 148 Å². The Bertz CT molecular complexity index is 1120. The van der Waals surface area contributed by atoms with Gasteiger partial charge in [-0.1, -0.05) is 0 Å². The molecule has 0 spiro atoms. The van der Waals surface area contributed by atoms with Gasteiger partial charge in [-0.2, -0.15) is 5.10 Å². The van der Waals surface area contributed by atoms with Gasteiger partial charge in [-0.15, -0.1) is 0 Å². The highest BCUT2D eigenvalue weighted by Gasteiger charge is 2.27. The van der Waals surface area contributed by atoms with Crippen LogP contribution in [0.3, 0.4) is 0 Å². The van der Waals surface area contributed by atoms with E-state index in [-0.39, 0.29) is 11.4 Å². The zero-order chi connectivity index (χ0) is 19.1. The van der Waals surface area contributed by atoms with Crippen LogP contribution >= 0.6 is 0 Å². The lowest BCUT2D eigenvalue weighted by atomic mass is 10.3. The molecule has 0 aliphatic rings. The summed E-state index contributed by atoms with van der Waals surface area (Å²) in [5.74, 6) is 0.185. The molecule has 2 aromatic heterocycles. The van der Waals surface area contributed by atoms with Gasteiger partial charge in [0, 0.05) is 12.4 Å². The van der Waals surface area contributed by atoms with Gasteiger partial charge < -0.3 is 4.74 Å². The van der Waals surface area contributed by atoms with E-state index in [2.05, 4.69) is 14.8 Å². The number of nitrogens with zero attached hydrogens (tertiary/aromatic N) is 4. The van der Waals surface area contributed by atoms with Crippen molar-refractivity contribution in [1.29, 1.82) is 0 Å². The molecule has 11 heteroatoms. The molecule has 1 aromatic carbocycles. The van der Waals surface area contributed by atoms with Crippen molar-refractivity contribution in [3.63, 3.8) is 0 Å². The lowest BCUT2D eigenvalue weighted by molar-refractivity contribution is -0.387. The van der Waals surface area contributed by atoms with Gasteiger partial charge in [0.1, 0.15) is 5.75 Å². The van der Waals surface area contributed by atoms with Gasteiger partial charge in [0.15, 0.2) is 10.5 Å². The number of nitro benzene ring substituents is 1. The van der Waals surface area contributed by atoms with Crippen molar-refractivity contribution in [2.75, 3.05) is 11.8 Å². The molecule has 3 aromatic rings. The second kappa shape index (κ2) is 6.26. The van der Waals surface area contributed by atoms with Crippen molar-refractivity contribution in [1.82, 2.24) is 14.8 Å². The highest BCUT2D eigenvalue weighted by Crippen LogP contribution is 2.30. The maximum Gasteiger partial charge on any atom is 0.293 e. The molecule has 2 heterocycles. The fourth-order valence-electron chi connectivity index (χ4n) is 2.57. The summed E-state index contributed by atoms with van der Waals surface area (Å²) < 4.78 is 34.1. The van der Waals surface area contributed by atoms with Gasteiger partial charge >= 0.3 is 0 Å². The van der Waals surface area contributed by atoms with Crippen LogP contribution < -0.4 is 9.46 Å². The summed E-state index contributed by atoms with van der Waals surface area (Å²) in [6, 6.07) is 5.10. The van der Waals surface area contributed by atoms with Gasteiger partial charge in [0.05, 0.1) is 35.7 Å². The maximum atomic E-state index is 12.6. The second-order valence-corrected chi connectivity index (χ2v) is 7.15. The summed E-state index contributed by atoms with van der Waals surface area (Å²) >= 11 is 0. The standard InChI is InChI=1S/C15H15N5O5S/c1-9-12-6-10(8-16-15(12)19(2)17-9)18-26(23,24)14-5-4-11(25-3)7-13(14)20(21)22/h4-8,18H,1-3H3. The number of rotatable bonds is 5. The van der Waals surface area contributed by atoms with Gasteiger partial charge in [-0.3, -0.25) is 19.5 Å². The number of nitrogens with one attached hydrogen (secondary N) is 1. The Morgan fingerprint density at radius 1 is 1.31 bits per heavy atom. The van der Waals surface area contributed by atoms with Crippen LogP contribution in [0.25, 0.3) is 11.0 Å². The highest BCUT2D eigenvalue weighted by molar-refractivity contribution is 7.92. The SMILES string of the molecule is COc1ccc(S(=O)(=O)Nc2cnc3c(c2)c(C)nn3C)c([N+](=O)[O-])c1. The molecule has 0 aliphatic carbocycles. The summed E-state index contributed by atoms with van der Waals surface area (Å²) in [6.07, 6.45) is 1.33. The summed E-state index contributed by atoms with van der Waals surface area (Å²) in [5, 5.41) is 16.1. The van der Waals surface area contributed by atoms with Crippen LogP contribution in [0.2, 0.25) is 0 Å². The van der Waals surface area contributed by atoms with Crippen molar-refractivity contribution in [2.24, 2.45) is 7.05 Å². The van der Waals surface area contributed by atoms with Crippen molar-refractivity contribution in [3.05, 3.63) is 46.3 Å². The molecule has 0 saturated heterocycles. The number of nitro groups is 1. The van der Waals surface area contributed by atoms with Crippen LogP contribution in [-0.2, 0) is 17.1 Å². The smallest absolute Gasteiger partial charge is 0.293 e. The summed E-state index contributed by atoms with van der Waals surface area (Å²) in [4.78, 5) is 14.2.